The van der Waals surface area contributed by atoms with Crippen LogP contribution in [0.3, 0.4) is 0 Å². The number of amides is 1. The van der Waals surface area contributed by atoms with Gasteiger partial charge >= 0.3 is 5.97 Å². The molecule has 0 aliphatic rings. The first-order chi connectivity index (χ1) is 11.5. The molecule has 0 saturated carbocycles. The third-order valence-corrected chi connectivity index (χ3v) is 3.03. The highest BCUT2D eigenvalue weighted by Crippen LogP contribution is 2.10. The van der Waals surface area contributed by atoms with Crippen LogP contribution < -0.4 is 5.32 Å². The molecule has 5 heteroatoms. The SMILES string of the molecule is CC(C)OC(=O)/C(=C\c1ccc(F)cc1)NC(=O)c1ccccc1. The van der Waals surface area contributed by atoms with Crippen molar-refractivity contribution in [2.45, 2.75) is 20.0 Å². The number of carbonyl (C=O) groups excluding carboxylic acids is 2. The number of nitrogens with one attached hydrogen (secondary N) is 1. The van der Waals surface area contributed by atoms with E-state index in [2.05, 4.69) is 5.32 Å². The van der Waals surface area contributed by atoms with Gasteiger partial charge in [-0.25, -0.2) is 9.18 Å². The number of ether oxygens (including phenoxy) is 1. The maximum absolute atomic E-state index is 13.0. The number of benzene rings is 2. The predicted molar refractivity (Wildman–Crippen MR) is 89.5 cm³/mol. The zero-order valence-electron chi connectivity index (χ0n) is 13.5. The van der Waals surface area contributed by atoms with Gasteiger partial charge in [0, 0.05) is 5.56 Å². The van der Waals surface area contributed by atoms with Crippen molar-refractivity contribution in [2.75, 3.05) is 0 Å². The van der Waals surface area contributed by atoms with E-state index in [0.29, 0.717) is 11.1 Å². The molecule has 0 aromatic heterocycles. The van der Waals surface area contributed by atoms with Gasteiger partial charge in [-0.05, 0) is 49.8 Å². The fourth-order valence-corrected chi connectivity index (χ4v) is 1.93. The lowest BCUT2D eigenvalue weighted by Crippen LogP contribution is -2.29. The van der Waals surface area contributed by atoms with Crippen molar-refractivity contribution in [1.82, 2.24) is 5.32 Å². The molecule has 0 aliphatic heterocycles. The van der Waals surface area contributed by atoms with Crippen LogP contribution in [0.2, 0.25) is 0 Å². The third kappa shape index (κ3) is 5.05. The van der Waals surface area contributed by atoms with Crippen LogP contribution in [-0.2, 0) is 9.53 Å². The average molecular weight is 327 g/mol. The number of esters is 1. The Bertz CT molecular complexity index is 737. The average Bonchev–Trinajstić information content (AvgIpc) is 2.56. The minimum Gasteiger partial charge on any atom is -0.458 e. The lowest BCUT2D eigenvalue weighted by Gasteiger charge is -2.12. The molecule has 2 rings (SSSR count). The Morgan fingerprint density at radius 3 is 2.25 bits per heavy atom. The topological polar surface area (TPSA) is 55.4 Å². The lowest BCUT2D eigenvalue weighted by molar-refractivity contribution is -0.142. The normalized spacial score (nSPS) is 11.2. The largest absolute Gasteiger partial charge is 0.458 e. The van der Waals surface area contributed by atoms with Crippen LogP contribution in [0.25, 0.3) is 6.08 Å². The van der Waals surface area contributed by atoms with Gasteiger partial charge in [0.1, 0.15) is 11.5 Å². The van der Waals surface area contributed by atoms with Crippen molar-refractivity contribution in [3.8, 4) is 0 Å². The Morgan fingerprint density at radius 2 is 1.67 bits per heavy atom. The third-order valence-electron chi connectivity index (χ3n) is 3.03. The highest BCUT2D eigenvalue weighted by molar-refractivity contribution is 6.03. The first-order valence-corrected chi connectivity index (χ1v) is 7.50. The van der Waals surface area contributed by atoms with E-state index in [0.717, 1.165) is 0 Å². The monoisotopic (exact) mass is 327 g/mol. The van der Waals surface area contributed by atoms with E-state index in [1.807, 2.05) is 0 Å². The Morgan fingerprint density at radius 1 is 1.04 bits per heavy atom. The van der Waals surface area contributed by atoms with Gasteiger partial charge in [-0.15, -0.1) is 0 Å². The van der Waals surface area contributed by atoms with Crippen LogP contribution in [0.15, 0.2) is 60.3 Å². The minimum absolute atomic E-state index is 0.0100. The molecule has 0 fully saturated rings. The van der Waals surface area contributed by atoms with Crippen LogP contribution in [0.4, 0.5) is 4.39 Å². The predicted octanol–water partition coefficient (Wildman–Crippen LogP) is 3.55. The maximum Gasteiger partial charge on any atom is 0.355 e. The highest BCUT2D eigenvalue weighted by atomic mass is 19.1. The second kappa shape index (κ2) is 8.06. The van der Waals surface area contributed by atoms with Gasteiger partial charge in [-0.3, -0.25) is 4.79 Å². The Labute approximate surface area is 140 Å². The molecule has 0 atom stereocenters. The van der Waals surface area contributed by atoms with Gasteiger partial charge in [-0.1, -0.05) is 30.3 Å². The fourth-order valence-electron chi connectivity index (χ4n) is 1.93. The fraction of sp³-hybridized carbons (Fsp3) is 0.158. The molecule has 1 N–H and O–H groups in total. The van der Waals surface area contributed by atoms with Crippen molar-refractivity contribution >= 4 is 18.0 Å². The summed E-state index contributed by atoms with van der Waals surface area (Å²) < 4.78 is 18.2. The molecule has 4 nitrogen and oxygen atoms in total. The van der Waals surface area contributed by atoms with Crippen LogP contribution >= 0.6 is 0 Å². The first-order valence-electron chi connectivity index (χ1n) is 7.50. The standard InChI is InChI=1S/C19H18FNO3/c1-13(2)24-19(23)17(12-14-8-10-16(20)11-9-14)21-18(22)15-6-4-3-5-7-15/h3-13H,1-2H3,(H,21,22)/b17-12+. The lowest BCUT2D eigenvalue weighted by atomic mass is 10.1. The van der Waals surface area contributed by atoms with Gasteiger partial charge in [-0.2, -0.15) is 0 Å². The molecule has 0 radical (unpaired) electrons. The maximum atomic E-state index is 13.0. The Hall–Kier alpha value is -2.95. The van der Waals surface area contributed by atoms with Gasteiger partial charge < -0.3 is 10.1 Å². The summed E-state index contributed by atoms with van der Waals surface area (Å²) in [6.45, 7) is 3.43. The van der Waals surface area contributed by atoms with E-state index in [9.17, 15) is 14.0 Å². The second-order valence-corrected chi connectivity index (χ2v) is 5.38. The summed E-state index contributed by atoms with van der Waals surface area (Å²) in [5.41, 5.74) is 0.976. The van der Waals surface area contributed by atoms with Crippen molar-refractivity contribution in [3.63, 3.8) is 0 Å². The van der Waals surface area contributed by atoms with Crippen molar-refractivity contribution in [1.29, 1.82) is 0 Å². The molecule has 2 aromatic carbocycles. The van der Waals surface area contributed by atoms with Crippen molar-refractivity contribution in [2.24, 2.45) is 0 Å². The van der Waals surface area contributed by atoms with Crippen LogP contribution in [0.1, 0.15) is 29.8 Å². The molecule has 0 aliphatic carbocycles. The van der Waals surface area contributed by atoms with Crippen LogP contribution in [0.5, 0.6) is 0 Å². The van der Waals surface area contributed by atoms with Crippen LogP contribution in [-0.4, -0.2) is 18.0 Å². The van der Waals surface area contributed by atoms with Gasteiger partial charge in [0.25, 0.3) is 5.91 Å². The minimum atomic E-state index is -0.654. The highest BCUT2D eigenvalue weighted by Gasteiger charge is 2.17. The molecular weight excluding hydrogens is 309 g/mol. The van der Waals surface area contributed by atoms with Gasteiger partial charge in [0.05, 0.1) is 6.10 Å². The Kier molecular flexibility index (Phi) is 5.84. The van der Waals surface area contributed by atoms with E-state index in [1.54, 1.807) is 44.2 Å². The van der Waals surface area contributed by atoms with Gasteiger partial charge in [0.2, 0.25) is 0 Å². The summed E-state index contributed by atoms with van der Waals surface area (Å²) in [6.07, 6.45) is 1.12. The second-order valence-electron chi connectivity index (χ2n) is 5.38. The van der Waals surface area contributed by atoms with Crippen molar-refractivity contribution < 1.29 is 18.7 Å². The molecule has 0 unspecified atom stereocenters. The molecular formula is C19H18FNO3. The number of hydrogen-bond acceptors (Lipinski definition) is 3. The van der Waals surface area contributed by atoms with Crippen molar-refractivity contribution in [3.05, 3.63) is 77.2 Å². The summed E-state index contributed by atoms with van der Waals surface area (Å²) in [5.74, 6) is -1.46. The molecule has 2 aromatic rings. The van der Waals surface area contributed by atoms with Crippen LogP contribution in [0, 0.1) is 5.82 Å². The molecule has 124 valence electrons. The molecule has 24 heavy (non-hydrogen) atoms. The van der Waals surface area contributed by atoms with E-state index in [-0.39, 0.29) is 17.6 Å². The smallest absolute Gasteiger partial charge is 0.355 e. The summed E-state index contributed by atoms with van der Waals surface area (Å²) in [6, 6.07) is 14.1. The summed E-state index contributed by atoms with van der Waals surface area (Å²) in [5, 5.41) is 2.56. The molecule has 0 spiro atoms. The van der Waals surface area contributed by atoms with Gasteiger partial charge in [0.15, 0.2) is 0 Å². The van der Waals surface area contributed by atoms with E-state index < -0.39 is 11.9 Å². The Balaban J connectivity index is 2.27. The van der Waals surface area contributed by atoms with E-state index in [4.69, 9.17) is 4.74 Å². The first kappa shape index (κ1) is 17.4. The molecule has 0 saturated heterocycles. The molecule has 0 bridgehead atoms. The molecule has 1 amide bonds. The van der Waals surface area contributed by atoms with E-state index in [1.165, 1.54) is 30.3 Å². The summed E-state index contributed by atoms with van der Waals surface area (Å²) >= 11 is 0. The number of carbonyl (C=O) groups is 2. The number of rotatable bonds is 5. The summed E-state index contributed by atoms with van der Waals surface area (Å²) in [7, 11) is 0. The molecule has 0 heterocycles. The zero-order valence-corrected chi connectivity index (χ0v) is 13.5. The quantitative estimate of drug-likeness (QED) is 0.675. The number of hydrogen-bond donors (Lipinski definition) is 1. The number of halogens is 1. The zero-order chi connectivity index (χ0) is 17.5. The van der Waals surface area contributed by atoms with E-state index >= 15 is 0 Å². The summed E-state index contributed by atoms with van der Waals surface area (Å²) in [4.78, 5) is 24.5.